The molecule has 0 bridgehead atoms. The third-order valence-corrected chi connectivity index (χ3v) is 7.71. The van der Waals surface area contributed by atoms with E-state index < -0.39 is 11.9 Å². The minimum atomic E-state index is -1.13. The quantitative estimate of drug-likeness (QED) is 0.157. The van der Waals surface area contributed by atoms with Crippen LogP contribution < -0.4 is 10.6 Å². The van der Waals surface area contributed by atoms with E-state index >= 15 is 0 Å². The molecule has 2 amide bonds. The monoisotopic (exact) mass is 654 g/mol. The van der Waals surface area contributed by atoms with Gasteiger partial charge in [-0.2, -0.15) is 10.5 Å². The van der Waals surface area contributed by atoms with Crippen LogP contribution in [0.5, 0.6) is 0 Å². The summed E-state index contributed by atoms with van der Waals surface area (Å²) in [4.78, 5) is 36.4. The number of amides is 2. The molecule has 0 aliphatic rings. The van der Waals surface area contributed by atoms with E-state index in [9.17, 15) is 19.5 Å². The maximum atomic E-state index is 12.5. The topological polar surface area (TPSA) is 143 Å². The number of anilines is 2. The zero-order valence-corrected chi connectivity index (χ0v) is 26.9. The Kier molecular flexibility index (Phi) is 10.9. The molecule has 0 aliphatic carbocycles. The first-order valence-electron chi connectivity index (χ1n) is 15.5. The number of aryl methyl sites for hydroxylation is 1. The molecule has 0 aromatic heterocycles. The molecule has 0 atom stereocenters. The van der Waals surface area contributed by atoms with Crippen LogP contribution in [0.1, 0.15) is 47.8 Å². The minimum absolute atomic E-state index is 0.00512. The van der Waals surface area contributed by atoms with Gasteiger partial charge in [0.05, 0.1) is 34.5 Å². The van der Waals surface area contributed by atoms with Crippen molar-refractivity contribution in [3.8, 4) is 34.4 Å². The van der Waals surface area contributed by atoms with Gasteiger partial charge in [0.25, 0.3) is 11.8 Å². The average Bonchev–Trinajstić information content (AvgIpc) is 3.16. The summed E-state index contributed by atoms with van der Waals surface area (Å²) in [5.41, 5.74) is 7.37. The molecule has 0 unspecified atom stereocenters. The number of nitrogens with one attached hydrogen (secondary N) is 2. The van der Waals surface area contributed by atoms with Crippen LogP contribution >= 0.6 is 0 Å². The van der Waals surface area contributed by atoms with Gasteiger partial charge >= 0.3 is 5.97 Å². The summed E-state index contributed by atoms with van der Waals surface area (Å²) in [5, 5.41) is 32.9. The first kappa shape index (κ1) is 34.1. The first-order valence-corrected chi connectivity index (χ1v) is 15.5. The van der Waals surface area contributed by atoms with Crippen LogP contribution in [0.2, 0.25) is 0 Å². The van der Waals surface area contributed by atoms with Gasteiger partial charge in [-0.3, -0.25) is 9.59 Å². The van der Waals surface area contributed by atoms with Crippen LogP contribution in [0, 0.1) is 29.6 Å². The number of aromatic carboxylic acids is 1. The van der Waals surface area contributed by atoms with Crippen LogP contribution in [0.25, 0.3) is 22.3 Å². The molecule has 0 radical (unpaired) electrons. The summed E-state index contributed by atoms with van der Waals surface area (Å²) in [6, 6.07) is 47.2. The molecule has 6 aromatic rings. The molecule has 0 spiro atoms. The second-order valence-corrected chi connectivity index (χ2v) is 11.1. The Bertz CT molecular complexity index is 2270. The average molecular weight is 655 g/mol. The molecule has 50 heavy (non-hydrogen) atoms. The third kappa shape index (κ3) is 8.54. The highest BCUT2D eigenvalue weighted by atomic mass is 16.4. The summed E-state index contributed by atoms with van der Waals surface area (Å²) in [7, 11) is 0. The summed E-state index contributed by atoms with van der Waals surface area (Å²) in [5.74, 6) is -1.83. The fourth-order valence-corrected chi connectivity index (χ4v) is 5.06. The zero-order chi connectivity index (χ0) is 35.5. The molecule has 6 rings (SSSR count). The van der Waals surface area contributed by atoms with Gasteiger partial charge in [0, 0.05) is 16.8 Å². The number of carbonyl (C=O) groups excluding carboxylic acids is 2. The molecule has 0 saturated heterocycles. The predicted molar refractivity (Wildman–Crippen MR) is 194 cm³/mol. The van der Waals surface area contributed by atoms with Crippen molar-refractivity contribution in [3.63, 3.8) is 0 Å². The summed E-state index contributed by atoms with van der Waals surface area (Å²) in [6.07, 6.45) is 0. The zero-order valence-electron chi connectivity index (χ0n) is 26.9. The van der Waals surface area contributed by atoms with Crippen LogP contribution in [0.4, 0.5) is 11.4 Å². The number of rotatable bonds is 7. The third-order valence-electron chi connectivity index (χ3n) is 7.71. The number of hydrogen-bond donors (Lipinski definition) is 3. The maximum Gasteiger partial charge on any atom is 0.337 e. The van der Waals surface area contributed by atoms with Gasteiger partial charge in [-0.1, -0.05) is 91.0 Å². The highest BCUT2D eigenvalue weighted by Gasteiger charge is 2.15. The second-order valence-electron chi connectivity index (χ2n) is 11.1. The number of nitriles is 2. The van der Waals surface area contributed by atoms with Gasteiger partial charge in [-0.05, 0) is 89.3 Å². The highest BCUT2D eigenvalue weighted by molar-refractivity contribution is 6.08. The van der Waals surface area contributed by atoms with E-state index in [1.807, 2.05) is 97.9 Å². The maximum absolute atomic E-state index is 12.5. The number of hydrogen-bond acceptors (Lipinski definition) is 5. The molecule has 8 heteroatoms. The van der Waals surface area contributed by atoms with E-state index in [4.69, 9.17) is 10.5 Å². The smallest absolute Gasteiger partial charge is 0.337 e. The molecule has 0 aliphatic heterocycles. The lowest BCUT2D eigenvalue weighted by atomic mass is 10.0. The van der Waals surface area contributed by atoms with Crippen LogP contribution in [0.15, 0.2) is 146 Å². The highest BCUT2D eigenvalue weighted by Crippen LogP contribution is 2.27. The van der Waals surface area contributed by atoms with Crippen molar-refractivity contribution >= 4 is 29.2 Å². The van der Waals surface area contributed by atoms with Crippen molar-refractivity contribution in [3.05, 3.63) is 179 Å². The summed E-state index contributed by atoms with van der Waals surface area (Å²) < 4.78 is 0. The Morgan fingerprint density at radius 2 is 0.980 bits per heavy atom. The van der Waals surface area contributed by atoms with Crippen molar-refractivity contribution in [1.29, 1.82) is 10.5 Å². The molecular formula is C42H30N4O4. The SMILES string of the molecule is Cc1ccc(-c2ccccc2)cc1NC(=O)c1cccc(C#N)c1.N#Cc1cccc(C(=O)Nc2cc(-c3ccccc3)ccc2C(=O)O)c1. The van der Waals surface area contributed by atoms with Crippen LogP contribution in [-0.4, -0.2) is 22.9 Å². The largest absolute Gasteiger partial charge is 0.478 e. The Morgan fingerprint density at radius 1 is 0.520 bits per heavy atom. The Morgan fingerprint density at radius 3 is 1.46 bits per heavy atom. The van der Waals surface area contributed by atoms with E-state index in [1.54, 1.807) is 54.6 Å². The number of carboxylic acid groups (broad SMARTS) is 1. The van der Waals surface area contributed by atoms with E-state index in [0.29, 0.717) is 16.7 Å². The van der Waals surface area contributed by atoms with Gasteiger partial charge < -0.3 is 15.7 Å². The molecule has 0 saturated carbocycles. The molecule has 0 fully saturated rings. The van der Waals surface area contributed by atoms with Crippen LogP contribution in [-0.2, 0) is 0 Å². The van der Waals surface area contributed by atoms with Gasteiger partial charge in [0.1, 0.15) is 0 Å². The van der Waals surface area contributed by atoms with Gasteiger partial charge in [-0.15, -0.1) is 0 Å². The minimum Gasteiger partial charge on any atom is -0.478 e. The molecule has 8 nitrogen and oxygen atoms in total. The first-order chi connectivity index (χ1) is 24.2. The number of nitrogens with zero attached hydrogens (tertiary/aromatic N) is 2. The van der Waals surface area contributed by atoms with Crippen molar-refractivity contribution in [1.82, 2.24) is 0 Å². The molecule has 0 heterocycles. The number of benzene rings is 6. The van der Waals surface area contributed by atoms with Crippen molar-refractivity contribution in [2.75, 3.05) is 10.6 Å². The lowest BCUT2D eigenvalue weighted by Gasteiger charge is -2.11. The van der Waals surface area contributed by atoms with E-state index in [0.717, 1.165) is 33.5 Å². The molecule has 3 N–H and O–H groups in total. The normalized spacial score (nSPS) is 9.98. The second kappa shape index (κ2) is 16.0. The predicted octanol–water partition coefficient (Wildman–Crippen LogP) is 8.96. The molecule has 242 valence electrons. The fourth-order valence-electron chi connectivity index (χ4n) is 5.06. The van der Waals surface area contributed by atoms with E-state index in [2.05, 4.69) is 10.6 Å². The van der Waals surface area contributed by atoms with Crippen molar-refractivity contribution in [2.24, 2.45) is 0 Å². The van der Waals surface area contributed by atoms with Crippen molar-refractivity contribution in [2.45, 2.75) is 6.92 Å². The van der Waals surface area contributed by atoms with E-state index in [-0.39, 0.29) is 22.7 Å². The number of carbonyl (C=O) groups is 3. The fraction of sp³-hybridized carbons (Fsp3) is 0.0238. The molecule has 6 aromatic carbocycles. The van der Waals surface area contributed by atoms with Crippen molar-refractivity contribution < 1.29 is 19.5 Å². The molecular weight excluding hydrogens is 624 g/mol. The Balaban J connectivity index is 0.000000195. The van der Waals surface area contributed by atoms with Gasteiger partial charge in [0.2, 0.25) is 0 Å². The lowest BCUT2D eigenvalue weighted by molar-refractivity contribution is 0.0697. The standard InChI is InChI=1S/C21H14N2O3.C21H16N2O/c22-13-14-5-4-8-17(11-14)20(24)23-19-12-16(9-10-18(19)21(25)26)15-6-2-1-3-7-15;1-15-10-11-18(17-7-3-2-4-8-17)13-20(15)23-21(24)19-9-5-6-16(12-19)14-22/h1-12H,(H,23,24)(H,25,26);2-13H,1H3,(H,23,24). The summed E-state index contributed by atoms with van der Waals surface area (Å²) >= 11 is 0. The van der Waals surface area contributed by atoms with Crippen LogP contribution in [0.3, 0.4) is 0 Å². The summed E-state index contributed by atoms with van der Waals surface area (Å²) in [6.45, 7) is 1.95. The van der Waals surface area contributed by atoms with E-state index in [1.165, 1.54) is 12.1 Å². The lowest BCUT2D eigenvalue weighted by Crippen LogP contribution is -2.15. The Labute approximate surface area is 289 Å². The van der Waals surface area contributed by atoms with Gasteiger partial charge in [-0.25, -0.2) is 4.79 Å². The van der Waals surface area contributed by atoms with Gasteiger partial charge in [0.15, 0.2) is 0 Å². The Hall–Kier alpha value is -7.29. The number of carboxylic acids is 1.